The summed E-state index contributed by atoms with van der Waals surface area (Å²) in [5.41, 5.74) is 0. The van der Waals surface area contributed by atoms with E-state index in [9.17, 15) is 8.42 Å². The number of hydrogen-bond acceptors (Lipinski definition) is 3. The van der Waals surface area contributed by atoms with E-state index in [1.807, 2.05) is 0 Å². The minimum absolute atomic E-state index is 0.0568. The summed E-state index contributed by atoms with van der Waals surface area (Å²) in [5, 5.41) is 0. The second kappa shape index (κ2) is 6.93. The molecule has 1 aliphatic rings. The molecule has 1 saturated carbocycles. The van der Waals surface area contributed by atoms with E-state index in [1.54, 1.807) is 7.11 Å². The highest BCUT2D eigenvalue weighted by Gasteiger charge is 2.26. The van der Waals surface area contributed by atoms with Crippen molar-refractivity contribution in [3.05, 3.63) is 0 Å². The molecule has 4 nitrogen and oxygen atoms in total. The second-order valence-corrected chi connectivity index (χ2v) is 7.24. The van der Waals surface area contributed by atoms with Crippen LogP contribution < -0.4 is 4.72 Å². The van der Waals surface area contributed by atoms with Crippen molar-refractivity contribution < 1.29 is 13.2 Å². The highest BCUT2D eigenvalue weighted by atomic mass is 79.9. The Morgan fingerprint density at radius 1 is 1.38 bits per heavy atom. The molecule has 6 heteroatoms. The average Bonchev–Trinajstić information content (AvgIpc) is 2.21. The van der Waals surface area contributed by atoms with Crippen LogP contribution in [0.25, 0.3) is 0 Å². The average molecular weight is 314 g/mol. The smallest absolute Gasteiger partial charge is 0.211 e. The van der Waals surface area contributed by atoms with E-state index in [2.05, 4.69) is 20.7 Å². The Kier molecular flexibility index (Phi) is 6.25. The summed E-state index contributed by atoms with van der Waals surface area (Å²) in [7, 11) is -1.57. The summed E-state index contributed by atoms with van der Waals surface area (Å²) in [6, 6.07) is 0.0568. The third-order valence-corrected chi connectivity index (χ3v) is 5.36. The lowest BCUT2D eigenvalue weighted by Crippen LogP contribution is -2.43. The maximum absolute atomic E-state index is 11.7. The van der Waals surface area contributed by atoms with Gasteiger partial charge in [0.15, 0.2) is 0 Å². The molecule has 2 atom stereocenters. The molecule has 16 heavy (non-hydrogen) atoms. The molecular weight excluding hydrogens is 294 g/mol. The number of rotatable bonds is 6. The number of alkyl halides is 1. The Hall–Kier alpha value is 0.350. The number of hydrogen-bond donors (Lipinski definition) is 1. The Morgan fingerprint density at radius 3 is 2.69 bits per heavy atom. The molecule has 2 unspecified atom stereocenters. The maximum atomic E-state index is 11.7. The summed E-state index contributed by atoms with van der Waals surface area (Å²) in [4.78, 5) is 0.276. The molecule has 0 amide bonds. The first-order valence-electron chi connectivity index (χ1n) is 5.68. The summed E-state index contributed by atoms with van der Waals surface area (Å²) in [5.74, 6) is 0.150. The van der Waals surface area contributed by atoms with Gasteiger partial charge >= 0.3 is 0 Å². The molecule has 0 saturated heterocycles. The fourth-order valence-corrected chi connectivity index (χ4v) is 4.16. The van der Waals surface area contributed by atoms with Crippen LogP contribution in [0.15, 0.2) is 0 Å². The summed E-state index contributed by atoms with van der Waals surface area (Å²) < 4.78 is 31.1. The monoisotopic (exact) mass is 313 g/mol. The third kappa shape index (κ3) is 5.12. The topological polar surface area (TPSA) is 55.4 Å². The second-order valence-electron chi connectivity index (χ2n) is 4.19. The molecule has 96 valence electrons. The highest BCUT2D eigenvalue weighted by Crippen LogP contribution is 2.24. The number of nitrogens with one attached hydrogen (secondary N) is 1. The van der Waals surface area contributed by atoms with E-state index < -0.39 is 10.0 Å². The van der Waals surface area contributed by atoms with Gasteiger partial charge in [-0.25, -0.2) is 13.1 Å². The predicted octanol–water partition coefficient (Wildman–Crippen LogP) is 1.65. The fraction of sp³-hybridized carbons (Fsp3) is 1.00. The molecule has 0 radical (unpaired) electrons. The van der Waals surface area contributed by atoms with Crippen molar-refractivity contribution in [2.24, 2.45) is 0 Å². The standard InChI is InChI=1S/C10H20BrNO3S/c1-15-7-4-8-16(13,14)12-10-6-3-2-5-9(10)11/h9-10,12H,2-8H2,1H3. The van der Waals surface area contributed by atoms with E-state index >= 15 is 0 Å². The molecule has 0 bridgehead atoms. The van der Waals surface area contributed by atoms with Crippen LogP contribution in [-0.4, -0.2) is 38.8 Å². The lowest BCUT2D eigenvalue weighted by Gasteiger charge is -2.27. The van der Waals surface area contributed by atoms with Crippen molar-refractivity contribution in [2.75, 3.05) is 19.5 Å². The molecule has 0 aromatic heterocycles. The van der Waals surface area contributed by atoms with Crippen molar-refractivity contribution in [3.63, 3.8) is 0 Å². The molecule has 1 fully saturated rings. The van der Waals surface area contributed by atoms with E-state index in [0.29, 0.717) is 13.0 Å². The Balaban J connectivity index is 2.38. The number of methoxy groups -OCH3 is 1. The lowest BCUT2D eigenvalue weighted by atomic mass is 9.96. The first kappa shape index (κ1) is 14.4. The molecule has 0 aromatic carbocycles. The van der Waals surface area contributed by atoms with Crippen LogP contribution in [0.3, 0.4) is 0 Å². The van der Waals surface area contributed by atoms with Gasteiger partial charge in [0.25, 0.3) is 0 Å². The van der Waals surface area contributed by atoms with Gasteiger partial charge in [-0.15, -0.1) is 0 Å². The Labute approximate surface area is 106 Å². The lowest BCUT2D eigenvalue weighted by molar-refractivity contribution is 0.199. The molecule has 0 aromatic rings. The van der Waals surface area contributed by atoms with Crippen molar-refractivity contribution in [1.29, 1.82) is 0 Å². The quantitative estimate of drug-likeness (QED) is 0.599. The van der Waals surface area contributed by atoms with Crippen LogP contribution >= 0.6 is 15.9 Å². The minimum Gasteiger partial charge on any atom is -0.385 e. The van der Waals surface area contributed by atoms with Gasteiger partial charge in [-0.3, -0.25) is 0 Å². The largest absolute Gasteiger partial charge is 0.385 e. The first-order chi connectivity index (χ1) is 7.55. The van der Waals surface area contributed by atoms with E-state index in [4.69, 9.17) is 4.74 Å². The first-order valence-corrected chi connectivity index (χ1v) is 8.25. The fourth-order valence-electron chi connectivity index (χ4n) is 1.90. The van der Waals surface area contributed by atoms with E-state index in [-0.39, 0.29) is 16.6 Å². The zero-order valence-electron chi connectivity index (χ0n) is 9.62. The predicted molar refractivity (Wildman–Crippen MR) is 68.4 cm³/mol. The molecule has 0 aliphatic heterocycles. The van der Waals surface area contributed by atoms with E-state index in [1.165, 1.54) is 6.42 Å². The van der Waals surface area contributed by atoms with Crippen LogP contribution in [0, 0.1) is 0 Å². The Bertz CT molecular complexity index is 294. The molecule has 1 N–H and O–H groups in total. The molecule has 0 spiro atoms. The minimum atomic E-state index is -3.15. The van der Waals surface area contributed by atoms with Gasteiger partial charge in [0.1, 0.15) is 0 Å². The third-order valence-electron chi connectivity index (χ3n) is 2.77. The number of sulfonamides is 1. The van der Waals surface area contributed by atoms with E-state index in [0.717, 1.165) is 19.3 Å². The normalized spacial score (nSPS) is 26.9. The molecule has 0 heterocycles. The van der Waals surface area contributed by atoms with Gasteiger partial charge in [-0.05, 0) is 19.3 Å². The van der Waals surface area contributed by atoms with Crippen LogP contribution in [0.2, 0.25) is 0 Å². The van der Waals surface area contributed by atoms with Crippen molar-refractivity contribution in [2.45, 2.75) is 43.0 Å². The van der Waals surface area contributed by atoms with Gasteiger partial charge in [-0.2, -0.15) is 0 Å². The Morgan fingerprint density at radius 2 is 2.06 bits per heavy atom. The van der Waals surface area contributed by atoms with Crippen LogP contribution in [0.5, 0.6) is 0 Å². The summed E-state index contributed by atoms with van der Waals surface area (Å²) in [6.45, 7) is 0.489. The van der Waals surface area contributed by atoms with Crippen LogP contribution in [0.1, 0.15) is 32.1 Å². The number of ether oxygens (including phenoxy) is 1. The van der Waals surface area contributed by atoms with Crippen molar-refractivity contribution in [1.82, 2.24) is 4.72 Å². The van der Waals surface area contributed by atoms with Crippen molar-refractivity contribution in [3.8, 4) is 0 Å². The zero-order valence-corrected chi connectivity index (χ0v) is 12.0. The van der Waals surface area contributed by atoms with Gasteiger partial charge in [0, 0.05) is 24.6 Å². The van der Waals surface area contributed by atoms with Gasteiger partial charge in [-0.1, -0.05) is 28.8 Å². The van der Waals surface area contributed by atoms with Crippen LogP contribution in [0.4, 0.5) is 0 Å². The molecular formula is C10H20BrNO3S. The molecule has 1 aliphatic carbocycles. The van der Waals surface area contributed by atoms with Gasteiger partial charge in [0.05, 0.1) is 5.75 Å². The molecule has 1 rings (SSSR count). The van der Waals surface area contributed by atoms with Gasteiger partial charge < -0.3 is 4.74 Å². The van der Waals surface area contributed by atoms with Crippen LogP contribution in [-0.2, 0) is 14.8 Å². The van der Waals surface area contributed by atoms with Crippen molar-refractivity contribution >= 4 is 26.0 Å². The SMILES string of the molecule is COCCCS(=O)(=O)NC1CCCCC1Br. The maximum Gasteiger partial charge on any atom is 0.211 e. The van der Waals surface area contributed by atoms with Gasteiger partial charge in [0.2, 0.25) is 10.0 Å². The number of halogens is 1. The highest BCUT2D eigenvalue weighted by molar-refractivity contribution is 9.09. The zero-order chi connectivity index (χ0) is 12.0. The summed E-state index contributed by atoms with van der Waals surface area (Å²) in [6.07, 6.45) is 4.81. The summed E-state index contributed by atoms with van der Waals surface area (Å²) >= 11 is 3.54.